The first-order valence-corrected chi connectivity index (χ1v) is 22.1. The summed E-state index contributed by atoms with van der Waals surface area (Å²) in [6, 6.07) is 39.7. The van der Waals surface area contributed by atoms with E-state index in [-0.39, 0.29) is 37.7 Å². The van der Waals surface area contributed by atoms with Crippen molar-refractivity contribution in [1.29, 1.82) is 0 Å². The molecule has 0 aliphatic carbocycles. The number of fused-ring (bicyclic) bond motifs is 20. The number of nitrogens with zero attached hydrogens (tertiary/aromatic N) is 2. The minimum absolute atomic E-state index is 0.0401. The predicted octanol–water partition coefficient (Wildman–Crippen LogP) is 11.3. The summed E-state index contributed by atoms with van der Waals surface area (Å²) >= 11 is 1.53. The Morgan fingerprint density at radius 3 is 1.66 bits per heavy atom. The highest BCUT2D eigenvalue weighted by atomic mass is 32.2. The van der Waals surface area contributed by atoms with E-state index in [0.29, 0.717) is 30.3 Å². The second-order valence-electron chi connectivity index (χ2n) is 16.3. The van der Waals surface area contributed by atoms with Crippen molar-refractivity contribution in [1.82, 2.24) is 19.9 Å². The summed E-state index contributed by atoms with van der Waals surface area (Å²) in [4.78, 5) is 43.1. The average molecular weight is 845 g/mol. The summed E-state index contributed by atoms with van der Waals surface area (Å²) in [7, 11) is 1.64. The Kier molecular flexibility index (Phi) is 11.6. The lowest BCUT2D eigenvalue weighted by atomic mass is 9.97. The minimum Gasteiger partial charge on any atom is -0.490 e. The average Bonchev–Trinajstić information content (AvgIpc) is 4.02. The van der Waals surface area contributed by atoms with Crippen molar-refractivity contribution in [3.8, 4) is 50.8 Å². The third kappa shape index (κ3) is 8.42. The molecule has 0 fully saturated rings. The molecular formula is C51H48N4O6S. The number of H-pyrrole nitrogens is 2. The monoisotopic (exact) mass is 844 g/mol. The van der Waals surface area contributed by atoms with Crippen LogP contribution in [0.25, 0.3) is 88.6 Å². The number of ether oxygens (including phenoxy) is 4. The molecule has 0 spiro atoms. The fourth-order valence-corrected chi connectivity index (χ4v) is 9.03. The van der Waals surface area contributed by atoms with Gasteiger partial charge in [0.15, 0.2) is 0 Å². The third-order valence-corrected chi connectivity index (χ3v) is 12.8. The molecule has 2 aliphatic rings. The van der Waals surface area contributed by atoms with Crippen LogP contribution in [-0.2, 0) is 23.8 Å². The van der Waals surface area contributed by atoms with Crippen LogP contribution in [0.5, 0.6) is 5.75 Å². The minimum atomic E-state index is -0.739. The number of carbonyl (C=O) groups excluding carboxylic acids is 2. The molecule has 3 aromatic heterocycles. The van der Waals surface area contributed by atoms with Crippen molar-refractivity contribution in [3.05, 3.63) is 115 Å². The van der Waals surface area contributed by atoms with Crippen molar-refractivity contribution < 1.29 is 28.5 Å². The smallest absolute Gasteiger partial charge is 0.312 e. The maximum Gasteiger partial charge on any atom is 0.312 e. The third-order valence-electron chi connectivity index (χ3n) is 11.4. The Morgan fingerprint density at radius 2 is 1.13 bits per heavy atom. The Morgan fingerprint density at radius 1 is 0.629 bits per heavy atom. The van der Waals surface area contributed by atoms with Gasteiger partial charge in [0.05, 0.1) is 47.3 Å². The van der Waals surface area contributed by atoms with E-state index in [1.54, 1.807) is 7.11 Å². The van der Waals surface area contributed by atoms with Crippen LogP contribution in [0.3, 0.4) is 0 Å². The van der Waals surface area contributed by atoms with Crippen LogP contribution in [-0.4, -0.2) is 76.4 Å². The number of hydrogen-bond donors (Lipinski definition) is 2. The van der Waals surface area contributed by atoms with Crippen LogP contribution in [0.15, 0.2) is 115 Å². The quantitative estimate of drug-likeness (QED) is 0.0812. The first kappa shape index (κ1) is 40.9. The molecule has 0 saturated carbocycles. The van der Waals surface area contributed by atoms with Crippen LogP contribution in [0, 0.1) is 5.41 Å². The number of hydrogen-bond acceptors (Lipinski definition) is 9. The Labute approximate surface area is 364 Å². The molecule has 10 nitrogen and oxygen atoms in total. The van der Waals surface area contributed by atoms with Gasteiger partial charge in [0.25, 0.3) is 0 Å². The van der Waals surface area contributed by atoms with Gasteiger partial charge in [-0.05, 0) is 63.2 Å². The zero-order chi connectivity index (χ0) is 42.8. The van der Waals surface area contributed by atoms with Crippen molar-refractivity contribution in [2.45, 2.75) is 39.7 Å². The van der Waals surface area contributed by atoms with E-state index < -0.39 is 5.41 Å². The van der Waals surface area contributed by atoms with Gasteiger partial charge < -0.3 is 28.9 Å². The lowest BCUT2D eigenvalue weighted by Gasteiger charge is -2.22. The van der Waals surface area contributed by atoms with Gasteiger partial charge in [-0.25, -0.2) is 9.97 Å². The van der Waals surface area contributed by atoms with Crippen molar-refractivity contribution in [3.63, 3.8) is 0 Å². The zero-order valence-corrected chi connectivity index (χ0v) is 36.1. The van der Waals surface area contributed by atoms with Gasteiger partial charge in [0.2, 0.25) is 0 Å². The van der Waals surface area contributed by atoms with E-state index >= 15 is 0 Å². The molecule has 2 N–H and O–H groups in total. The molecule has 62 heavy (non-hydrogen) atoms. The summed E-state index contributed by atoms with van der Waals surface area (Å²) in [5.74, 6) is 1.15. The number of esters is 2. The molecule has 1 atom stereocenters. The SMILES string of the molecule is COC(C)CCOC(=O)CCSCC(C)(C)C(=O)OCCOc1ccc2c3cc4nc(cc5[nH]c(cc6nc(cc([nH]3)c2c1)-c1ccccc1-6)c1ccccc51)-c1ccccc1-4. The molecule has 11 heteroatoms. The van der Waals surface area contributed by atoms with E-state index in [2.05, 4.69) is 107 Å². The van der Waals surface area contributed by atoms with Crippen LogP contribution in [0.1, 0.15) is 33.6 Å². The highest BCUT2D eigenvalue weighted by Gasteiger charge is 2.29. The first-order valence-electron chi connectivity index (χ1n) is 21.0. The number of benzene rings is 4. The summed E-state index contributed by atoms with van der Waals surface area (Å²) in [5, 5.41) is 4.20. The second-order valence-corrected chi connectivity index (χ2v) is 17.4. The highest BCUT2D eigenvalue weighted by Crippen LogP contribution is 2.40. The number of aromatic nitrogens is 4. The first-order chi connectivity index (χ1) is 30.1. The van der Waals surface area contributed by atoms with Gasteiger partial charge in [0.1, 0.15) is 19.0 Å². The molecule has 8 bridgehead atoms. The number of carbonyl (C=O) groups is 2. The van der Waals surface area contributed by atoms with Gasteiger partial charge in [-0.3, -0.25) is 9.59 Å². The summed E-state index contributed by atoms with van der Waals surface area (Å²) < 4.78 is 22.4. The van der Waals surface area contributed by atoms with Gasteiger partial charge in [-0.2, -0.15) is 11.8 Å². The van der Waals surface area contributed by atoms with Gasteiger partial charge in [0, 0.05) is 90.9 Å². The Hall–Kier alpha value is -6.43. The normalized spacial score (nSPS) is 12.5. The van der Waals surface area contributed by atoms with E-state index in [1.807, 2.05) is 39.0 Å². The molecule has 7 aromatic rings. The summed E-state index contributed by atoms with van der Waals surface area (Å²) in [6.45, 7) is 6.25. The molecule has 1 unspecified atom stereocenters. The lowest BCUT2D eigenvalue weighted by Crippen LogP contribution is -2.30. The molecule has 0 radical (unpaired) electrons. The number of rotatable bonds is 14. The number of thioether (sulfide) groups is 1. The van der Waals surface area contributed by atoms with Gasteiger partial charge in [-0.1, -0.05) is 72.8 Å². The largest absolute Gasteiger partial charge is 0.490 e. The van der Waals surface area contributed by atoms with Crippen LogP contribution in [0.4, 0.5) is 0 Å². The second kappa shape index (κ2) is 17.5. The summed E-state index contributed by atoms with van der Waals surface area (Å²) in [6.07, 6.45) is 0.975. The molecule has 4 aromatic carbocycles. The van der Waals surface area contributed by atoms with Crippen molar-refractivity contribution >= 4 is 67.3 Å². The number of aromatic amines is 2. The zero-order valence-electron chi connectivity index (χ0n) is 35.2. The Bertz CT molecular complexity index is 3000. The Balaban J connectivity index is 0.997. The molecular weight excluding hydrogens is 797 g/mol. The standard InChI is InChI=1S/C51H48N4O6S/c1-31(58-4)19-21-60-49(56)20-24-62-30-51(2,3)50(57)61-23-22-59-32-17-18-39-40(25-32)48-29-46-38-16-10-9-15-37(38)44(54-46)27-42-34-12-6-5-11-33(34)41(52-42)26-43-35-13-7-8-14-36(35)45(53-43)28-47(39)55-48/h5-18,25-29,31,52,55H,19-24,30H2,1-4H3. The maximum atomic E-state index is 13.1. The van der Waals surface area contributed by atoms with Crippen LogP contribution < -0.4 is 4.74 Å². The molecule has 2 aliphatic heterocycles. The van der Waals surface area contributed by atoms with Crippen LogP contribution in [0.2, 0.25) is 0 Å². The van der Waals surface area contributed by atoms with Gasteiger partial charge >= 0.3 is 11.9 Å². The molecule has 9 rings (SSSR count). The van der Waals surface area contributed by atoms with Crippen molar-refractivity contribution in [2.75, 3.05) is 38.4 Å². The number of methoxy groups -OCH3 is 1. The van der Waals surface area contributed by atoms with E-state index in [0.717, 1.165) is 88.6 Å². The topological polar surface area (TPSA) is 128 Å². The van der Waals surface area contributed by atoms with E-state index in [4.69, 9.17) is 28.9 Å². The summed E-state index contributed by atoms with van der Waals surface area (Å²) in [5.41, 5.74) is 10.8. The molecule has 5 heterocycles. The fourth-order valence-electron chi connectivity index (χ4n) is 7.95. The highest BCUT2D eigenvalue weighted by molar-refractivity contribution is 7.99. The molecule has 314 valence electrons. The fraction of sp³-hybridized carbons (Fsp3) is 0.255. The van der Waals surface area contributed by atoms with E-state index in [1.165, 1.54) is 11.8 Å². The lowest BCUT2D eigenvalue weighted by molar-refractivity contribution is -0.153. The molecule has 0 saturated heterocycles. The molecule has 0 amide bonds. The van der Waals surface area contributed by atoms with Gasteiger partial charge in [-0.15, -0.1) is 0 Å². The van der Waals surface area contributed by atoms with Crippen molar-refractivity contribution in [2.24, 2.45) is 5.41 Å². The predicted molar refractivity (Wildman–Crippen MR) is 249 cm³/mol. The number of nitrogens with one attached hydrogen (secondary N) is 2. The van der Waals surface area contributed by atoms with E-state index in [9.17, 15) is 9.59 Å². The van der Waals surface area contributed by atoms with Crippen LogP contribution >= 0.6 is 11.8 Å². The maximum absolute atomic E-state index is 13.1.